The topological polar surface area (TPSA) is 103 Å². The average Bonchev–Trinajstić information content (AvgIpc) is 3.45. The first kappa shape index (κ1) is 41.7. The van der Waals surface area contributed by atoms with Crippen LogP contribution >= 0.6 is 0 Å². The van der Waals surface area contributed by atoms with E-state index in [1.165, 1.54) is 0 Å². The van der Waals surface area contributed by atoms with Gasteiger partial charge in [-0.15, -0.1) is 0 Å². The van der Waals surface area contributed by atoms with Crippen LogP contribution in [0, 0.1) is 0 Å². The van der Waals surface area contributed by atoms with Crippen LogP contribution in [0.1, 0.15) is 0 Å². The van der Waals surface area contributed by atoms with Gasteiger partial charge in [0.2, 0.25) is 0 Å². The van der Waals surface area contributed by atoms with E-state index < -0.39 is 0 Å². The summed E-state index contributed by atoms with van der Waals surface area (Å²) in [4.78, 5) is 40.3. The van der Waals surface area contributed by atoms with Gasteiger partial charge in [0.15, 0.2) is 23.3 Å². The Labute approximate surface area is 404 Å². The molecule has 8 heteroatoms. The number of hydrogen-bond acceptors (Lipinski definition) is 8. The number of aromatic nitrogens is 8. The molecule has 0 saturated heterocycles. The van der Waals surface area contributed by atoms with E-state index in [4.69, 9.17) is 29.9 Å². The van der Waals surface area contributed by atoms with Gasteiger partial charge >= 0.3 is 0 Å². The van der Waals surface area contributed by atoms with Gasteiger partial charge in [-0.25, -0.2) is 29.9 Å². The molecule has 12 rings (SSSR count). The van der Waals surface area contributed by atoms with Crippen molar-refractivity contribution in [2.45, 2.75) is 0 Å². The molecule has 328 valence electrons. The number of nitrogens with zero attached hydrogens (tertiary/aromatic N) is 8. The first-order valence-electron chi connectivity index (χ1n) is 23.1. The van der Waals surface area contributed by atoms with Crippen LogP contribution in [0.5, 0.6) is 0 Å². The number of benzene rings is 7. The summed E-state index contributed by atoms with van der Waals surface area (Å²) in [7, 11) is 0. The molecule has 0 spiro atoms. The molecular weight excluding hydrogens is 857 g/mol. The summed E-state index contributed by atoms with van der Waals surface area (Å²) >= 11 is 0. The lowest BCUT2D eigenvalue weighted by molar-refractivity contribution is 1.07. The number of hydrogen-bond donors (Lipinski definition) is 0. The van der Waals surface area contributed by atoms with E-state index in [0.717, 1.165) is 101 Å². The van der Waals surface area contributed by atoms with Crippen LogP contribution < -0.4 is 0 Å². The average molecular weight is 897 g/mol. The highest BCUT2D eigenvalue weighted by Gasteiger charge is 2.20. The van der Waals surface area contributed by atoms with Crippen molar-refractivity contribution in [3.05, 3.63) is 243 Å². The van der Waals surface area contributed by atoms with Gasteiger partial charge in [-0.2, -0.15) is 0 Å². The predicted octanol–water partition coefficient (Wildman–Crippen LogP) is 14.7. The van der Waals surface area contributed by atoms with Gasteiger partial charge in [0, 0.05) is 45.8 Å². The van der Waals surface area contributed by atoms with Gasteiger partial charge in [-0.05, 0) is 93.7 Å². The summed E-state index contributed by atoms with van der Waals surface area (Å²) in [5.74, 6) is 2.33. The van der Waals surface area contributed by atoms with Gasteiger partial charge in [0.25, 0.3) is 0 Å². The lowest BCUT2D eigenvalue weighted by Crippen LogP contribution is -2.01. The molecule has 12 aromatic rings. The van der Waals surface area contributed by atoms with E-state index in [9.17, 15) is 0 Å². The Morgan fingerprint density at radius 1 is 0.200 bits per heavy atom. The van der Waals surface area contributed by atoms with Gasteiger partial charge in [-0.1, -0.05) is 170 Å². The second-order valence-corrected chi connectivity index (χ2v) is 16.8. The largest absolute Gasteiger partial charge is 0.255 e. The predicted molar refractivity (Wildman–Crippen MR) is 281 cm³/mol. The van der Waals surface area contributed by atoms with Crippen molar-refractivity contribution in [1.29, 1.82) is 0 Å². The summed E-state index contributed by atoms with van der Waals surface area (Å²) in [6.07, 6.45) is 3.59. The molecule has 0 radical (unpaired) electrons. The van der Waals surface area contributed by atoms with Gasteiger partial charge < -0.3 is 0 Å². The molecule has 70 heavy (non-hydrogen) atoms. The minimum Gasteiger partial charge on any atom is -0.255 e. The highest BCUT2D eigenvalue weighted by atomic mass is 15.0. The Hall–Kier alpha value is -9.66. The Balaban J connectivity index is 1.09. The number of rotatable bonds is 10. The highest BCUT2D eigenvalue weighted by molar-refractivity contribution is 6.06. The van der Waals surface area contributed by atoms with Gasteiger partial charge in [0.05, 0.1) is 34.2 Å². The number of pyridine rings is 3. The molecule has 0 aliphatic carbocycles. The summed E-state index contributed by atoms with van der Waals surface area (Å²) in [6, 6.07) is 78.1. The van der Waals surface area contributed by atoms with Crippen LogP contribution in [0.4, 0.5) is 0 Å². The van der Waals surface area contributed by atoms with Crippen LogP contribution in [-0.2, 0) is 0 Å². The maximum atomic E-state index is 5.30. The molecule has 0 N–H and O–H groups in total. The van der Waals surface area contributed by atoms with Gasteiger partial charge in [-0.3, -0.25) is 9.97 Å². The molecule has 8 nitrogen and oxygen atoms in total. The first-order valence-corrected chi connectivity index (χ1v) is 23.1. The second-order valence-electron chi connectivity index (χ2n) is 16.8. The highest BCUT2D eigenvalue weighted by Crippen LogP contribution is 2.41. The lowest BCUT2D eigenvalue weighted by Gasteiger charge is -2.16. The Morgan fingerprint density at radius 2 is 0.571 bits per heavy atom. The minimum absolute atomic E-state index is 0.540. The standard InChI is InChI=1S/C62H40N8/c1-5-19-41(20-6-1)55-40-56(67-59(66-55)42-21-7-2-8-22-42)47-35-45(36-48(37-47)62-69-60(43-23-9-3-10-24-43)68-61(70-62)44-25-11-4-12-26-44)49-31-32-50(52-28-14-13-27-51(49)52)46-38-57(53-29-15-17-33-63-53)65-58(39-46)54-30-16-18-34-64-54/h1-40H. The molecule has 0 saturated carbocycles. The Morgan fingerprint density at radius 3 is 1.04 bits per heavy atom. The van der Waals surface area contributed by atoms with E-state index in [-0.39, 0.29) is 0 Å². The van der Waals surface area contributed by atoms with E-state index in [2.05, 4.69) is 94.9 Å². The van der Waals surface area contributed by atoms with Crippen molar-refractivity contribution in [2.75, 3.05) is 0 Å². The van der Waals surface area contributed by atoms with Crippen LogP contribution in [-0.4, -0.2) is 39.9 Å². The maximum absolute atomic E-state index is 5.30. The zero-order valence-corrected chi connectivity index (χ0v) is 37.7. The molecule has 0 atom stereocenters. The zero-order chi connectivity index (χ0) is 46.6. The number of fused-ring (bicyclic) bond motifs is 1. The third kappa shape index (κ3) is 8.49. The fraction of sp³-hybridized carbons (Fsp3) is 0. The van der Waals surface area contributed by atoms with Gasteiger partial charge in [0.1, 0.15) is 0 Å². The van der Waals surface area contributed by atoms with E-state index in [1.54, 1.807) is 12.4 Å². The normalized spacial score (nSPS) is 11.1. The van der Waals surface area contributed by atoms with Crippen molar-refractivity contribution >= 4 is 10.8 Å². The summed E-state index contributed by atoms with van der Waals surface area (Å²) < 4.78 is 0. The van der Waals surface area contributed by atoms with E-state index in [0.29, 0.717) is 23.3 Å². The third-order valence-electron chi connectivity index (χ3n) is 12.2. The molecule has 7 aromatic carbocycles. The van der Waals surface area contributed by atoms with E-state index in [1.807, 2.05) is 146 Å². The molecule has 0 fully saturated rings. The third-order valence-corrected chi connectivity index (χ3v) is 12.2. The van der Waals surface area contributed by atoms with Crippen LogP contribution in [0.15, 0.2) is 243 Å². The van der Waals surface area contributed by atoms with Crippen LogP contribution in [0.2, 0.25) is 0 Å². The second kappa shape index (κ2) is 18.6. The minimum atomic E-state index is 0.540. The summed E-state index contributed by atoms with van der Waals surface area (Å²) in [6.45, 7) is 0. The molecule has 5 heterocycles. The van der Waals surface area contributed by atoms with Crippen molar-refractivity contribution in [1.82, 2.24) is 39.9 Å². The molecule has 0 bridgehead atoms. The molecule has 0 aliphatic rings. The van der Waals surface area contributed by atoms with Crippen molar-refractivity contribution in [3.63, 3.8) is 0 Å². The Kier molecular flexibility index (Phi) is 11.1. The fourth-order valence-corrected chi connectivity index (χ4v) is 8.85. The quantitative estimate of drug-likeness (QED) is 0.134. The molecule has 5 aromatic heterocycles. The monoisotopic (exact) mass is 896 g/mol. The van der Waals surface area contributed by atoms with E-state index >= 15 is 0 Å². The summed E-state index contributed by atoms with van der Waals surface area (Å²) in [5.41, 5.74) is 14.1. The van der Waals surface area contributed by atoms with Crippen molar-refractivity contribution < 1.29 is 0 Å². The smallest absolute Gasteiger partial charge is 0.164 e. The summed E-state index contributed by atoms with van der Waals surface area (Å²) in [5, 5.41) is 2.15. The van der Waals surface area contributed by atoms with Crippen molar-refractivity contribution in [3.8, 4) is 113 Å². The SMILES string of the molecule is c1ccc(-c2cc(-c3cc(-c4nc(-c5ccccc5)nc(-c5ccccc5)n4)cc(-c4ccc(-c5cc(-c6ccccn6)nc(-c6ccccn6)c5)c5ccccc45)c3)nc(-c3ccccc3)n2)cc1. The Bertz CT molecular complexity index is 3480. The van der Waals surface area contributed by atoms with Crippen molar-refractivity contribution in [2.24, 2.45) is 0 Å². The van der Waals surface area contributed by atoms with Crippen LogP contribution in [0.25, 0.3) is 124 Å². The molecular formula is C62H40N8. The molecule has 0 unspecified atom stereocenters. The lowest BCUT2D eigenvalue weighted by atomic mass is 9.90. The molecule has 0 aliphatic heterocycles. The van der Waals surface area contributed by atoms with Crippen LogP contribution in [0.3, 0.4) is 0 Å². The maximum Gasteiger partial charge on any atom is 0.164 e. The zero-order valence-electron chi connectivity index (χ0n) is 37.7. The molecule has 0 amide bonds. The first-order chi connectivity index (χ1) is 34.7. The fourth-order valence-electron chi connectivity index (χ4n) is 8.85.